The van der Waals surface area contributed by atoms with Crippen molar-refractivity contribution in [3.63, 3.8) is 0 Å². The summed E-state index contributed by atoms with van der Waals surface area (Å²) in [4.78, 5) is 7.22. The monoisotopic (exact) mass is 905 g/mol. The van der Waals surface area contributed by atoms with E-state index in [2.05, 4.69) is 246 Å². The van der Waals surface area contributed by atoms with Gasteiger partial charge in [0.2, 0.25) is 0 Å². The number of anilines is 9. The van der Waals surface area contributed by atoms with E-state index < -0.39 is 0 Å². The Morgan fingerprint density at radius 3 is 1.44 bits per heavy atom. The number of hydrogen-bond donors (Lipinski definition) is 0. The minimum absolute atomic E-state index is 0.0335. The molecule has 10 aromatic carbocycles. The first-order valence-electron chi connectivity index (χ1n) is 23.1. The Labute approximate surface area is 402 Å². The number of benzene rings is 10. The zero-order valence-electron chi connectivity index (χ0n) is 37.0. The normalized spacial score (nSPS) is 12.5. The van der Waals surface area contributed by atoms with E-state index in [1.54, 1.807) is 0 Å². The van der Waals surface area contributed by atoms with Crippen LogP contribution in [0.15, 0.2) is 224 Å². The topological polar surface area (TPSA) is 19.0 Å². The van der Waals surface area contributed by atoms with Crippen LogP contribution in [0.3, 0.4) is 0 Å². The van der Waals surface area contributed by atoms with Gasteiger partial charge in [0.1, 0.15) is 11.5 Å². The van der Waals surface area contributed by atoms with Crippen LogP contribution in [-0.4, -0.2) is 6.71 Å². The highest BCUT2D eigenvalue weighted by Crippen LogP contribution is 2.51. The molecule has 0 atom stereocenters. The van der Waals surface area contributed by atoms with E-state index in [1.807, 2.05) is 22.7 Å². The van der Waals surface area contributed by atoms with Gasteiger partial charge in [-0.05, 0) is 120 Å². The second-order valence-electron chi connectivity index (χ2n) is 17.7. The first kappa shape index (κ1) is 39.1. The van der Waals surface area contributed by atoms with Crippen molar-refractivity contribution in [3.8, 4) is 11.5 Å². The number of para-hydroxylation sites is 5. The molecule has 0 N–H and O–H groups in total. The SMILES string of the molecule is Cc1ccccc1N1c2cccc3c2B(c2ccc4c(sc5cc(N(c6ccccc6)c6ccccc6)ccc54)c2O3)c2ccc3c(sc4cc(N(c5ccccc5)c5ccccc5)ccc43)c21. The van der Waals surface area contributed by atoms with E-state index in [1.165, 1.54) is 73.7 Å². The van der Waals surface area contributed by atoms with E-state index in [0.717, 1.165) is 51.3 Å². The zero-order valence-corrected chi connectivity index (χ0v) is 38.6. The summed E-state index contributed by atoms with van der Waals surface area (Å²) in [7, 11) is 0. The van der Waals surface area contributed by atoms with Crippen LogP contribution in [0.4, 0.5) is 51.2 Å². The lowest BCUT2D eigenvalue weighted by atomic mass is 9.34. The van der Waals surface area contributed by atoms with Crippen molar-refractivity contribution in [1.82, 2.24) is 0 Å². The molecule has 320 valence electrons. The van der Waals surface area contributed by atoms with Gasteiger partial charge in [0.05, 0.1) is 15.1 Å². The van der Waals surface area contributed by atoms with Gasteiger partial charge in [-0.15, -0.1) is 22.7 Å². The fraction of sp³-hybridized carbons (Fsp3) is 0.0164. The molecule has 68 heavy (non-hydrogen) atoms. The molecular weight excluding hydrogens is 866 g/mol. The predicted octanol–water partition coefficient (Wildman–Crippen LogP) is 16.1. The first-order chi connectivity index (χ1) is 33.7. The quantitative estimate of drug-likeness (QED) is 0.148. The Balaban J connectivity index is 0.967. The lowest BCUT2D eigenvalue weighted by molar-refractivity contribution is 0.494. The Kier molecular flexibility index (Phi) is 8.91. The van der Waals surface area contributed by atoms with Crippen LogP contribution in [0, 0.1) is 6.92 Å². The third-order valence-corrected chi connectivity index (χ3v) is 16.1. The fourth-order valence-corrected chi connectivity index (χ4v) is 13.3. The van der Waals surface area contributed by atoms with Gasteiger partial charge in [0, 0.05) is 76.4 Å². The van der Waals surface area contributed by atoms with Gasteiger partial charge in [-0.2, -0.15) is 0 Å². The van der Waals surface area contributed by atoms with Crippen molar-refractivity contribution < 1.29 is 4.74 Å². The summed E-state index contributed by atoms with van der Waals surface area (Å²) in [5, 5.41) is 4.98. The zero-order chi connectivity index (χ0) is 44.9. The number of thiophene rings is 2. The summed E-state index contributed by atoms with van der Waals surface area (Å²) >= 11 is 3.73. The van der Waals surface area contributed by atoms with Crippen LogP contribution < -0.4 is 35.8 Å². The summed E-state index contributed by atoms with van der Waals surface area (Å²) in [6, 6.07) is 81.4. The predicted molar refractivity (Wildman–Crippen MR) is 292 cm³/mol. The molecule has 0 fully saturated rings. The number of fused-ring (bicyclic) bond motifs is 12. The lowest BCUT2D eigenvalue weighted by Crippen LogP contribution is -2.59. The summed E-state index contributed by atoms with van der Waals surface area (Å²) in [6.07, 6.45) is 0. The molecule has 0 bridgehead atoms. The summed E-state index contributed by atoms with van der Waals surface area (Å²) in [5.74, 6) is 1.87. The third-order valence-electron chi connectivity index (χ3n) is 13.8. The second kappa shape index (κ2) is 15.5. The van der Waals surface area contributed by atoms with Crippen molar-refractivity contribution >= 4 is 137 Å². The van der Waals surface area contributed by atoms with Crippen LogP contribution in [0.1, 0.15) is 5.56 Å². The smallest absolute Gasteiger partial charge is 0.256 e. The summed E-state index contributed by atoms with van der Waals surface area (Å²) in [5.41, 5.74) is 15.3. The van der Waals surface area contributed by atoms with Gasteiger partial charge in [-0.3, -0.25) is 0 Å². The van der Waals surface area contributed by atoms with Gasteiger partial charge in [0.25, 0.3) is 6.71 Å². The van der Waals surface area contributed by atoms with Crippen molar-refractivity contribution in [2.75, 3.05) is 14.7 Å². The Bertz CT molecular complexity index is 3850. The average molecular weight is 906 g/mol. The molecule has 4 heterocycles. The van der Waals surface area contributed by atoms with Gasteiger partial charge in [-0.25, -0.2) is 0 Å². The van der Waals surface area contributed by atoms with Crippen molar-refractivity contribution in [3.05, 3.63) is 230 Å². The minimum atomic E-state index is -0.0335. The van der Waals surface area contributed by atoms with E-state index in [0.29, 0.717) is 0 Å². The molecule has 14 rings (SSSR count). The van der Waals surface area contributed by atoms with Crippen LogP contribution >= 0.6 is 22.7 Å². The molecule has 2 aromatic heterocycles. The average Bonchev–Trinajstić information content (AvgIpc) is 3.96. The van der Waals surface area contributed by atoms with Crippen LogP contribution in [0.25, 0.3) is 40.3 Å². The number of hydrogen-bond acceptors (Lipinski definition) is 6. The molecule has 0 saturated carbocycles. The Morgan fingerprint density at radius 1 is 0.412 bits per heavy atom. The molecule has 4 nitrogen and oxygen atoms in total. The lowest BCUT2D eigenvalue weighted by Gasteiger charge is -2.40. The maximum absolute atomic E-state index is 7.23. The number of aryl methyl sites for hydroxylation is 1. The molecule has 0 amide bonds. The standard InChI is InChI=1S/C61H40BN3OS2/c1-39-17-14-15-26-52(39)65-53-27-16-28-54-57(53)62(50-35-33-48-46-31-29-44(37-55(46)67-60(48)58(50)65)63(40-18-6-2-7-19-40)41-20-8-3-9-21-41)51-36-34-49-47-32-30-45(38-56(47)68-61(49)59(51)66-54)64(42-22-10-4-11-23-42)43-24-12-5-13-25-43/h2-38H,1H3. The number of rotatable bonds is 7. The molecule has 12 aromatic rings. The Hall–Kier alpha value is -8.10. The molecule has 0 spiro atoms. The van der Waals surface area contributed by atoms with Crippen LogP contribution in [-0.2, 0) is 0 Å². The molecule has 2 aliphatic rings. The highest BCUT2D eigenvalue weighted by atomic mass is 32.1. The summed E-state index contributed by atoms with van der Waals surface area (Å²) in [6.45, 7) is 2.19. The molecule has 2 aliphatic heterocycles. The minimum Gasteiger partial charge on any atom is -0.457 e. The Morgan fingerprint density at radius 2 is 0.882 bits per heavy atom. The van der Waals surface area contributed by atoms with Gasteiger partial charge >= 0.3 is 0 Å². The third kappa shape index (κ3) is 5.99. The maximum atomic E-state index is 7.23. The largest absolute Gasteiger partial charge is 0.457 e. The van der Waals surface area contributed by atoms with Crippen molar-refractivity contribution in [2.45, 2.75) is 6.92 Å². The van der Waals surface area contributed by atoms with Gasteiger partial charge < -0.3 is 19.4 Å². The van der Waals surface area contributed by atoms with Gasteiger partial charge in [-0.1, -0.05) is 133 Å². The highest BCUT2D eigenvalue weighted by Gasteiger charge is 2.43. The second-order valence-corrected chi connectivity index (χ2v) is 19.8. The van der Waals surface area contributed by atoms with Gasteiger partial charge in [0.15, 0.2) is 0 Å². The number of nitrogens with zero attached hydrogens (tertiary/aromatic N) is 3. The highest BCUT2D eigenvalue weighted by molar-refractivity contribution is 7.27. The summed E-state index contributed by atoms with van der Waals surface area (Å²) < 4.78 is 12.2. The van der Waals surface area contributed by atoms with Crippen LogP contribution in [0.2, 0.25) is 0 Å². The molecule has 0 unspecified atom stereocenters. The van der Waals surface area contributed by atoms with E-state index in [9.17, 15) is 0 Å². The van der Waals surface area contributed by atoms with E-state index >= 15 is 0 Å². The molecule has 7 heteroatoms. The van der Waals surface area contributed by atoms with E-state index in [4.69, 9.17) is 4.74 Å². The molecule has 0 radical (unpaired) electrons. The van der Waals surface area contributed by atoms with E-state index in [-0.39, 0.29) is 6.71 Å². The van der Waals surface area contributed by atoms with Crippen molar-refractivity contribution in [2.24, 2.45) is 0 Å². The maximum Gasteiger partial charge on any atom is 0.256 e. The number of ether oxygens (including phenoxy) is 1. The molecule has 0 saturated heterocycles. The van der Waals surface area contributed by atoms with Crippen LogP contribution in [0.5, 0.6) is 11.5 Å². The molecular formula is C61H40BN3OS2. The van der Waals surface area contributed by atoms with Crippen molar-refractivity contribution in [1.29, 1.82) is 0 Å². The fourth-order valence-electron chi connectivity index (χ4n) is 10.8. The molecule has 0 aliphatic carbocycles. The first-order valence-corrected chi connectivity index (χ1v) is 24.7.